The van der Waals surface area contributed by atoms with Crippen LogP contribution in [0.1, 0.15) is 24.1 Å². The monoisotopic (exact) mass is 333 g/mol. The number of fused-ring (bicyclic) bond motifs is 1. The second-order valence-corrected chi connectivity index (χ2v) is 5.82. The van der Waals surface area contributed by atoms with E-state index in [1.807, 2.05) is 12.1 Å². The minimum Gasteiger partial charge on any atom is -0.454 e. The van der Waals surface area contributed by atoms with Crippen LogP contribution in [-0.4, -0.2) is 6.79 Å². The smallest absolute Gasteiger partial charge is 0.231 e. The van der Waals surface area contributed by atoms with Gasteiger partial charge in [-0.2, -0.15) is 0 Å². The number of aryl methyl sites for hydroxylation is 1. The molecule has 0 saturated carbocycles. The predicted octanol–water partition coefficient (Wildman–Crippen LogP) is 4.66. The van der Waals surface area contributed by atoms with Crippen LogP contribution in [0.3, 0.4) is 0 Å². The first-order valence-corrected chi connectivity index (χ1v) is 7.35. The lowest BCUT2D eigenvalue weighted by molar-refractivity contribution is 0.174. The molecule has 1 unspecified atom stereocenters. The summed E-state index contributed by atoms with van der Waals surface area (Å²) >= 11 is 3.59. The van der Waals surface area contributed by atoms with Gasteiger partial charge < -0.3 is 14.8 Å². The molecule has 0 amide bonds. The Balaban J connectivity index is 1.80. The standard InChI is InChI=1S/C16H16BrNO2/c1-10-3-5-14(13(17)7-10)18-11(2)12-4-6-15-16(8-12)20-9-19-15/h3-8,11,18H,9H2,1-2H3. The van der Waals surface area contributed by atoms with Gasteiger partial charge in [-0.1, -0.05) is 12.1 Å². The molecule has 104 valence electrons. The summed E-state index contributed by atoms with van der Waals surface area (Å²) in [6, 6.07) is 12.5. The zero-order chi connectivity index (χ0) is 14.1. The van der Waals surface area contributed by atoms with E-state index in [0.29, 0.717) is 6.79 Å². The second-order valence-electron chi connectivity index (χ2n) is 4.96. The van der Waals surface area contributed by atoms with E-state index in [1.165, 1.54) is 11.1 Å². The average Bonchev–Trinajstić information content (AvgIpc) is 2.89. The van der Waals surface area contributed by atoms with Gasteiger partial charge in [0.2, 0.25) is 6.79 Å². The third kappa shape index (κ3) is 2.61. The molecule has 1 heterocycles. The molecule has 3 rings (SSSR count). The number of nitrogens with one attached hydrogen (secondary N) is 1. The highest BCUT2D eigenvalue weighted by molar-refractivity contribution is 9.10. The summed E-state index contributed by atoms with van der Waals surface area (Å²) in [6.45, 7) is 4.52. The first kappa shape index (κ1) is 13.3. The highest BCUT2D eigenvalue weighted by Gasteiger charge is 2.16. The number of halogens is 1. The fourth-order valence-corrected chi connectivity index (χ4v) is 2.84. The van der Waals surface area contributed by atoms with Crippen molar-refractivity contribution in [1.29, 1.82) is 0 Å². The molecule has 3 nitrogen and oxygen atoms in total. The van der Waals surface area contributed by atoms with Gasteiger partial charge in [-0.25, -0.2) is 0 Å². The number of anilines is 1. The Morgan fingerprint density at radius 2 is 1.90 bits per heavy atom. The highest BCUT2D eigenvalue weighted by Crippen LogP contribution is 2.35. The minimum atomic E-state index is 0.184. The van der Waals surface area contributed by atoms with Crippen molar-refractivity contribution >= 4 is 21.6 Å². The molecule has 0 spiro atoms. The van der Waals surface area contributed by atoms with Crippen LogP contribution in [0, 0.1) is 6.92 Å². The highest BCUT2D eigenvalue weighted by atomic mass is 79.9. The van der Waals surface area contributed by atoms with E-state index < -0.39 is 0 Å². The van der Waals surface area contributed by atoms with Crippen molar-refractivity contribution in [2.45, 2.75) is 19.9 Å². The third-order valence-electron chi connectivity index (χ3n) is 3.39. The van der Waals surface area contributed by atoms with Crippen LogP contribution in [0.25, 0.3) is 0 Å². The predicted molar refractivity (Wildman–Crippen MR) is 83.5 cm³/mol. The van der Waals surface area contributed by atoms with Gasteiger partial charge >= 0.3 is 0 Å². The fraction of sp³-hybridized carbons (Fsp3) is 0.250. The van der Waals surface area contributed by atoms with E-state index in [1.54, 1.807) is 0 Å². The van der Waals surface area contributed by atoms with E-state index in [9.17, 15) is 0 Å². The number of hydrogen-bond donors (Lipinski definition) is 1. The summed E-state index contributed by atoms with van der Waals surface area (Å²) in [5.74, 6) is 1.64. The van der Waals surface area contributed by atoms with Gasteiger partial charge in [0.15, 0.2) is 11.5 Å². The largest absolute Gasteiger partial charge is 0.454 e. The molecule has 0 saturated heterocycles. The number of ether oxygens (including phenoxy) is 2. The van der Waals surface area contributed by atoms with Crippen LogP contribution in [-0.2, 0) is 0 Å². The van der Waals surface area contributed by atoms with Gasteiger partial charge in [0, 0.05) is 16.2 Å². The van der Waals surface area contributed by atoms with Crippen LogP contribution >= 0.6 is 15.9 Å². The Labute approximate surface area is 127 Å². The molecule has 2 aromatic rings. The second kappa shape index (κ2) is 5.37. The number of rotatable bonds is 3. The maximum absolute atomic E-state index is 5.42. The normalized spacial score (nSPS) is 14.2. The van der Waals surface area contributed by atoms with Crippen molar-refractivity contribution in [3.63, 3.8) is 0 Å². The third-order valence-corrected chi connectivity index (χ3v) is 4.05. The summed E-state index contributed by atoms with van der Waals surface area (Å²) in [5.41, 5.74) is 3.49. The summed E-state index contributed by atoms with van der Waals surface area (Å²) < 4.78 is 11.8. The van der Waals surface area contributed by atoms with Gasteiger partial charge in [0.1, 0.15) is 0 Å². The molecule has 0 aliphatic carbocycles. The van der Waals surface area contributed by atoms with Crippen molar-refractivity contribution in [3.05, 3.63) is 52.0 Å². The summed E-state index contributed by atoms with van der Waals surface area (Å²) in [6.07, 6.45) is 0. The Bertz CT molecular complexity index is 642. The molecule has 1 N–H and O–H groups in total. The van der Waals surface area contributed by atoms with Crippen LogP contribution in [0.5, 0.6) is 11.5 Å². The fourth-order valence-electron chi connectivity index (χ4n) is 2.24. The van der Waals surface area contributed by atoms with E-state index >= 15 is 0 Å². The molecule has 20 heavy (non-hydrogen) atoms. The molecule has 2 aromatic carbocycles. The van der Waals surface area contributed by atoms with E-state index in [0.717, 1.165) is 21.7 Å². The van der Waals surface area contributed by atoms with Crippen LogP contribution in [0.15, 0.2) is 40.9 Å². The first-order valence-electron chi connectivity index (χ1n) is 6.56. The molecule has 0 aromatic heterocycles. The van der Waals surface area contributed by atoms with Crippen LogP contribution in [0.2, 0.25) is 0 Å². The SMILES string of the molecule is Cc1ccc(NC(C)c2ccc3c(c2)OCO3)c(Br)c1. The maximum Gasteiger partial charge on any atom is 0.231 e. The molecule has 1 aliphatic rings. The molecule has 4 heteroatoms. The van der Waals surface area contributed by atoms with Crippen LogP contribution < -0.4 is 14.8 Å². The molecule has 1 aliphatic heterocycles. The van der Waals surface area contributed by atoms with Crippen molar-refractivity contribution in [2.75, 3.05) is 12.1 Å². The lowest BCUT2D eigenvalue weighted by Crippen LogP contribution is -2.07. The summed E-state index contributed by atoms with van der Waals surface area (Å²) in [5, 5.41) is 3.50. The summed E-state index contributed by atoms with van der Waals surface area (Å²) in [7, 11) is 0. The lowest BCUT2D eigenvalue weighted by Gasteiger charge is -2.17. The molecule has 1 atom stereocenters. The quantitative estimate of drug-likeness (QED) is 0.886. The molecular weight excluding hydrogens is 318 g/mol. The van der Waals surface area contributed by atoms with E-state index in [-0.39, 0.29) is 6.04 Å². The van der Waals surface area contributed by atoms with Crippen LogP contribution in [0.4, 0.5) is 5.69 Å². The first-order chi connectivity index (χ1) is 9.63. The van der Waals surface area contributed by atoms with E-state index in [4.69, 9.17) is 9.47 Å². The lowest BCUT2D eigenvalue weighted by atomic mass is 10.1. The van der Waals surface area contributed by atoms with Crippen molar-refractivity contribution in [3.8, 4) is 11.5 Å². The number of benzene rings is 2. The molecule has 0 fully saturated rings. The van der Waals surface area contributed by atoms with Crippen molar-refractivity contribution < 1.29 is 9.47 Å². The Morgan fingerprint density at radius 1 is 1.10 bits per heavy atom. The average molecular weight is 334 g/mol. The van der Waals surface area contributed by atoms with Gasteiger partial charge in [-0.3, -0.25) is 0 Å². The Hall–Kier alpha value is -1.68. The Morgan fingerprint density at radius 3 is 2.70 bits per heavy atom. The van der Waals surface area contributed by atoms with Gasteiger partial charge in [0.25, 0.3) is 0 Å². The van der Waals surface area contributed by atoms with Gasteiger partial charge in [-0.15, -0.1) is 0 Å². The number of hydrogen-bond acceptors (Lipinski definition) is 3. The Kier molecular flexibility index (Phi) is 3.57. The molecular formula is C16H16BrNO2. The van der Waals surface area contributed by atoms with Gasteiger partial charge in [0.05, 0.1) is 0 Å². The molecule has 0 bridgehead atoms. The van der Waals surface area contributed by atoms with Crippen molar-refractivity contribution in [1.82, 2.24) is 0 Å². The zero-order valence-corrected chi connectivity index (χ0v) is 13.0. The van der Waals surface area contributed by atoms with Gasteiger partial charge in [-0.05, 0) is 65.2 Å². The summed E-state index contributed by atoms with van der Waals surface area (Å²) in [4.78, 5) is 0. The zero-order valence-electron chi connectivity index (χ0n) is 11.4. The molecule has 0 radical (unpaired) electrons. The van der Waals surface area contributed by atoms with Crippen molar-refractivity contribution in [2.24, 2.45) is 0 Å². The maximum atomic E-state index is 5.42. The van der Waals surface area contributed by atoms with E-state index in [2.05, 4.69) is 59.4 Å². The minimum absolute atomic E-state index is 0.184. The topological polar surface area (TPSA) is 30.5 Å².